The fourth-order valence-electron chi connectivity index (χ4n) is 3.44. The van der Waals surface area contributed by atoms with E-state index < -0.39 is 4.92 Å². The Hall–Kier alpha value is -3.58. The van der Waals surface area contributed by atoms with E-state index >= 15 is 0 Å². The lowest BCUT2D eigenvalue weighted by molar-refractivity contribution is -0.384. The zero-order valence-electron chi connectivity index (χ0n) is 16.9. The molecule has 1 N–H and O–H groups in total. The van der Waals surface area contributed by atoms with Gasteiger partial charge in [0.1, 0.15) is 0 Å². The van der Waals surface area contributed by atoms with Crippen molar-refractivity contribution >= 4 is 39.9 Å². The molecule has 0 atom stereocenters. The van der Waals surface area contributed by atoms with Crippen LogP contribution < -0.4 is 5.32 Å². The number of nitrogens with zero attached hydrogens (tertiary/aromatic N) is 2. The summed E-state index contributed by atoms with van der Waals surface area (Å²) in [7, 11) is 0. The average Bonchev–Trinajstić information content (AvgIpc) is 3.10. The molecule has 6 nitrogen and oxygen atoms in total. The van der Waals surface area contributed by atoms with E-state index in [9.17, 15) is 14.9 Å². The van der Waals surface area contributed by atoms with Crippen LogP contribution in [0.25, 0.3) is 10.9 Å². The van der Waals surface area contributed by atoms with Gasteiger partial charge in [-0.2, -0.15) is 0 Å². The number of hydrogen-bond acceptors (Lipinski definition) is 4. The second-order valence-corrected chi connectivity index (χ2v) is 8.29. The third-order valence-electron chi connectivity index (χ3n) is 4.91. The van der Waals surface area contributed by atoms with Crippen molar-refractivity contribution in [3.05, 3.63) is 100 Å². The maximum absolute atomic E-state index is 12.4. The number of carbonyl (C=O) groups is 1. The fourth-order valence-corrected chi connectivity index (χ4v) is 4.33. The number of thioether (sulfide) groups is 1. The first-order chi connectivity index (χ1) is 15.0. The molecule has 0 unspecified atom stereocenters. The summed E-state index contributed by atoms with van der Waals surface area (Å²) in [6.07, 6.45) is 2.04. The van der Waals surface area contributed by atoms with Gasteiger partial charge in [-0.15, -0.1) is 11.8 Å². The molecule has 0 bridgehead atoms. The van der Waals surface area contributed by atoms with Crippen LogP contribution in [0.1, 0.15) is 11.1 Å². The number of anilines is 1. The summed E-state index contributed by atoms with van der Waals surface area (Å²) in [6.45, 7) is 2.58. The predicted molar refractivity (Wildman–Crippen MR) is 125 cm³/mol. The Morgan fingerprint density at radius 1 is 1.06 bits per heavy atom. The largest absolute Gasteiger partial charge is 0.342 e. The number of aryl methyl sites for hydroxylation is 1. The van der Waals surface area contributed by atoms with Crippen LogP contribution in [-0.2, 0) is 11.3 Å². The minimum absolute atomic E-state index is 0.0530. The van der Waals surface area contributed by atoms with Crippen molar-refractivity contribution in [3.63, 3.8) is 0 Å². The Morgan fingerprint density at radius 3 is 2.58 bits per heavy atom. The molecule has 1 aromatic heterocycles. The zero-order valence-corrected chi connectivity index (χ0v) is 17.8. The van der Waals surface area contributed by atoms with Crippen molar-refractivity contribution in [1.29, 1.82) is 0 Å². The summed E-state index contributed by atoms with van der Waals surface area (Å²) >= 11 is 1.50. The van der Waals surface area contributed by atoms with E-state index in [2.05, 4.69) is 9.88 Å². The number of para-hydroxylation sites is 1. The first kappa shape index (κ1) is 20.7. The van der Waals surface area contributed by atoms with Gasteiger partial charge in [0.25, 0.3) is 5.69 Å². The van der Waals surface area contributed by atoms with Crippen molar-refractivity contribution in [1.82, 2.24) is 4.57 Å². The van der Waals surface area contributed by atoms with Crippen molar-refractivity contribution < 1.29 is 9.72 Å². The zero-order chi connectivity index (χ0) is 21.8. The predicted octanol–water partition coefficient (Wildman–Crippen LogP) is 5.64. The van der Waals surface area contributed by atoms with Gasteiger partial charge >= 0.3 is 0 Å². The van der Waals surface area contributed by atoms with Crippen LogP contribution in [-0.4, -0.2) is 21.2 Å². The number of carbonyl (C=O) groups excluding carboxylic acids is 1. The van der Waals surface area contributed by atoms with Crippen molar-refractivity contribution in [2.24, 2.45) is 0 Å². The summed E-state index contributed by atoms with van der Waals surface area (Å²) in [5.41, 5.74) is 4.01. The lowest BCUT2D eigenvalue weighted by Gasteiger charge is -2.06. The summed E-state index contributed by atoms with van der Waals surface area (Å²) in [5.74, 6) is 0.252. The number of non-ortho nitro benzene ring substituents is 1. The van der Waals surface area contributed by atoms with Crippen molar-refractivity contribution in [3.8, 4) is 0 Å². The van der Waals surface area contributed by atoms with E-state index in [1.54, 1.807) is 12.1 Å². The Morgan fingerprint density at radius 2 is 1.84 bits per heavy atom. The molecule has 7 heteroatoms. The summed E-state index contributed by atoms with van der Waals surface area (Å²) in [6, 6.07) is 22.4. The van der Waals surface area contributed by atoms with Gasteiger partial charge < -0.3 is 9.88 Å². The molecule has 0 aliphatic rings. The lowest BCUT2D eigenvalue weighted by atomic mass is 10.2. The number of nitro groups is 1. The molecule has 0 spiro atoms. The maximum Gasteiger partial charge on any atom is 0.269 e. The van der Waals surface area contributed by atoms with Crippen LogP contribution in [0.15, 0.2) is 83.9 Å². The molecule has 0 saturated heterocycles. The van der Waals surface area contributed by atoms with E-state index in [-0.39, 0.29) is 11.6 Å². The normalized spacial score (nSPS) is 10.9. The lowest BCUT2D eigenvalue weighted by Crippen LogP contribution is -2.13. The SMILES string of the molecule is Cc1cccc(NC(=O)CSc2cn(Cc3ccc([N+](=O)[O-])cc3)c3ccccc23)c1. The van der Waals surface area contributed by atoms with Crippen LogP contribution in [0.4, 0.5) is 11.4 Å². The minimum Gasteiger partial charge on any atom is -0.342 e. The van der Waals surface area contributed by atoms with Gasteiger partial charge in [0.2, 0.25) is 5.91 Å². The first-order valence-corrected chi connectivity index (χ1v) is 10.8. The Balaban J connectivity index is 1.49. The number of nitro benzene ring substituents is 1. The van der Waals surface area contributed by atoms with Crippen molar-refractivity contribution in [2.75, 3.05) is 11.1 Å². The molecular weight excluding hydrogens is 410 g/mol. The van der Waals surface area contributed by atoms with Crippen LogP contribution in [0.3, 0.4) is 0 Å². The highest BCUT2D eigenvalue weighted by Gasteiger charge is 2.12. The molecule has 0 aliphatic heterocycles. The monoisotopic (exact) mass is 431 g/mol. The highest BCUT2D eigenvalue weighted by atomic mass is 32.2. The topological polar surface area (TPSA) is 77.2 Å². The van der Waals surface area contributed by atoms with Gasteiger partial charge in [-0.1, -0.05) is 42.5 Å². The maximum atomic E-state index is 12.4. The molecule has 156 valence electrons. The quantitative estimate of drug-likeness (QED) is 0.233. The van der Waals surface area contributed by atoms with Gasteiger partial charge in [0.05, 0.1) is 10.7 Å². The number of hydrogen-bond donors (Lipinski definition) is 1. The van der Waals surface area contributed by atoms with Gasteiger partial charge in [-0.05, 0) is 36.2 Å². The molecule has 3 aromatic carbocycles. The number of nitrogens with one attached hydrogen (secondary N) is 1. The molecule has 0 radical (unpaired) electrons. The highest BCUT2D eigenvalue weighted by Crippen LogP contribution is 2.31. The second-order valence-electron chi connectivity index (χ2n) is 7.27. The van der Waals surface area contributed by atoms with E-state index in [0.717, 1.165) is 32.6 Å². The van der Waals surface area contributed by atoms with Crippen LogP contribution in [0, 0.1) is 17.0 Å². The summed E-state index contributed by atoms with van der Waals surface area (Å²) < 4.78 is 2.11. The molecular formula is C24H21N3O3S. The molecule has 0 fully saturated rings. The number of fused-ring (bicyclic) bond motifs is 1. The summed E-state index contributed by atoms with van der Waals surface area (Å²) in [4.78, 5) is 23.9. The van der Waals surface area contributed by atoms with Gasteiger partial charge in [0.15, 0.2) is 0 Å². The average molecular weight is 432 g/mol. The third kappa shape index (κ3) is 4.95. The second kappa shape index (κ2) is 9.06. The smallest absolute Gasteiger partial charge is 0.269 e. The minimum atomic E-state index is -0.397. The Kier molecular flexibility index (Phi) is 6.04. The number of aromatic nitrogens is 1. The van der Waals surface area contributed by atoms with Crippen LogP contribution in [0.5, 0.6) is 0 Å². The fraction of sp³-hybridized carbons (Fsp3) is 0.125. The van der Waals surface area contributed by atoms with Gasteiger partial charge in [-0.3, -0.25) is 14.9 Å². The first-order valence-electron chi connectivity index (χ1n) is 9.80. The van der Waals surface area contributed by atoms with E-state index in [4.69, 9.17) is 0 Å². The number of amides is 1. The molecule has 0 aliphatic carbocycles. The van der Waals surface area contributed by atoms with E-state index in [1.165, 1.54) is 23.9 Å². The van der Waals surface area contributed by atoms with E-state index in [1.807, 2.05) is 61.7 Å². The molecule has 31 heavy (non-hydrogen) atoms. The number of rotatable bonds is 7. The molecule has 1 amide bonds. The Bertz CT molecular complexity index is 1250. The van der Waals surface area contributed by atoms with Crippen LogP contribution >= 0.6 is 11.8 Å². The van der Waals surface area contributed by atoms with Gasteiger partial charge in [0, 0.05) is 46.4 Å². The standard InChI is InChI=1S/C24H21N3O3S/c1-17-5-4-6-19(13-17)25-24(28)16-31-23-15-26(22-8-3-2-7-21(22)23)14-18-9-11-20(12-10-18)27(29)30/h2-13,15H,14,16H2,1H3,(H,25,28). The molecule has 1 heterocycles. The van der Waals surface area contributed by atoms with E-state index in [0.29, 0.717) is 12.3 Å². The Labute approximate surface area is 184 Å². The van der Waals surface area contributed by atoms with Crippen LogP contribution in [0.2, 0.25) is 0 Å². The number of benzene rings is 3. The van der Waals surface area contributed by atoms with Crippen molar-refractivity contribution in [2.45, 2.75) is 18.4 Å². The van der Waals surface area contributed by atoms with Gasteiger partial charge in [-0.25, -0.2) is 0 Å². The molecule has 4 aromatic rings. The third-order valence-corrected chi connectivity index (χ3v) is 5.96. The summed E-state index contributed by atoms with van der Waals surface area (Å²) in [5, 5.41) is 14.9. The highest BCUT2D eigenvalue weighted by molar-refractivity contribution is 8.00. The molecule has 4 rings (SSSR count). The molecule has 0 saturated carbocycles.